The highest BCUT2D eigenvalue weighted by Crippen LogP contribution is 2.11. The van der Waals surface area contributed by atoms with E-state index in [-0.39, 0.29) is 19.3 Å². The zero-order valence-electron chi connectivity index (χ0n) is 7.56. The van der Waals surface area contributed by atoms with Gasteiger partial charge in [0.15, 0.2) is 6.61 Å². The summed E-state index contributed by atoms with van der Waals surface area (Å²) >= 11 is 0. The number of hydrogen-bond donors (Lipinski definition) is 3. The molecule has 1 fully saturated rings. The third-order valence-corrected chi connectivity index (χ3v) is 1.85. The minimum absolute atomic E-state index is 0.271. The molecule has 0 bridgehead atoms. The van der Waals surface area contributed by atoms with Crippen LogP contribution in [-0.4, -0.2) is 37.7 Å². The maximum absolute atomic E-state index is 11.3. The first kappa shape index (κ1) is 10.9. The van der Waals surface area contributed by atoms with Crippen LogP contribution in [0.2, 0.25) is 0 Å². The van der Waals surface area contributed by atoms with Crippen LogP contribution < -0.4 is 16.9 Å². The van der Waals surface area contributed by atoms with Crippen molar-refractivity contribution < 1.29 is 19.2 Å². The highest BCUT2D eigenvalue weighted by atomic mass is 16.7. The zero-order valence-corrected chi connectivity index (χ0v) is 7.56. The smallest absolute Gasteiger partial charge is 0.250 e. The summed E-state index contributed by atoms with van der Waals surface area (Å²) in [6, 6.07) is -0.327. The molecule has 0 aromatic heterocycles. The van der Waals surface area contributed by atoms with Crippen molar-refractivity contribution in [3.63, 3.8) is 0 Å². The van der Waals surface area contributed by atoms with Crippen molar-refractivity contribution in [2.45, 2.75) is 6.04 Å². The lowest BCUT2D eigenvalue weighted by molar-refractivity contribution is -0.141. The van der Waals surface area contributed by atoms with Gasteiger partial charge in [-0.1, -0.05) is 0 Å². The molecule has 1 heterocycles. The van der Waals surface area contributed by atoms with Gasteiger partial charge in [0.1, 0.15) is 0 Å². The van der Waals surface area contributed by atoms with Crippen molar-refractivity contribution >= 4 is 11.8 Å². The summed E-state index contributed by atoms with van der Waals surface area (Å²) in [5, 5.41) is 0. The molecule has 0 saturated carbocycles. The number of hydroxylamine groups is 1. The molecule has 1 rings (SSSR count). The Morgan fingerprint density at radius 3 is 2.71 bits per heavy atom. The van der Waals surface area contributed by atoms with Gasteiger partial charge in [-0.2, -0.15) is 0 Å². The second-order valence-corrected chi connectivity index (χ2v) is 3.03. The average Bonchev–Trinajstić information content (AvgIpc) is 2.50. The molecule has 2 amide bonds. The van der Waals surface area contributed by atoms with Crippen LogP contribution in [0, 0.1) is 5.92 Å². The second kappa shape index (κ2) is 4.89. The van der Waals surface area contributed by atoms with Crippen LogP contribution in [0.25, 0.3) is 0 Å². The van der Waals surface area contributed by atoms with Crippen molar-refractivity contribution in [1.82, 2.24) is 5.48 Å². The summed E-state index contributed by atoms with van der Waals surface area (Å²) < 4.78 is 4.98. The van der Waals surface area contributed by atoms with Crippen LogP contribution in [0.3, 0.4) is 0 Å². The largest absolute Gasteiger partial charge is 0.379 e. The topological polar surface area (TPSA) is 117 Å². The summed E-state index contributed by atoms with van der Waals surface area (Å²) in [5.41, 5.74) is 12.5. The minimum Gasteiger partial charge on any atom is -0.379 e. The molecule has 2 atom stereocenters. The average molecular weight is 203 g/mol. The lowest BCUT2D eigenvalue weighted by Gasteiger charge is -2.12. The molecule has 14 heavy (non-hydrogen) atoms. The summed E-state index contributed by atoms with van der Waals surface area (Å²) in [5.74, 6) is -1.48. The van der Waals surface area contributed by atoms with Crippen LogP contribution in [0.1, 0.15) is 0 Å². The fraction of sp³-hybridized carbons (Fsp3) is 0.714. The molecule has 1 aliphatic heterocycles. The number of ether oxygens (including phenoxy) is 1. The number of rotatable bonds is 4. The Bertz CT molecular complexity index is 233. The Kier molecular flexibility index (Phi) is 3.81. The molecule has 1 aliphatic rings. The molecule has 2 unspecified atom stereocenters. The van der Waals surface area contributed by atoms with E-state index in [1.165, 1.54) is 0 Å². The zero-order chi connectivity index (χ0) is 10.6. The predicted octanol–water partition coefficient (Wildman–Crippen LogP) is -2.51. The van der Waals surface area contributed by atoms with E-state index in [1.54, 1.807) is 0 Å². The Balaban J connectivity index is 2.24. The number of nitrogens with two attached hydrogens (primary N) is 2. The molecule has 7 nitrogen and oxygen atoms in total. The maximum Gasteiger partial charge on any atom is 0.250 e. The van der Waals surface area contributed by atoms with E-state index < -0.39 is 17.7 Å². The minimum atomic E-state index is -0.655. The van der Waals surface area contributed by atoms with Gasteiger partial charge in [-0.15, -0.1) is 0 Å². The Hall–Kier alpha value is -1.18. The van der Waals surface area contributed by atoms with E-state index in [9.17, 15) is 9.59 Å². The highest BCUT2D eigenvalue weighted by molar-refractivity contribution is 5.79. The summed E-state index contributed by atoms with van der Waals surface area (Å²) in [6.45, 7) is 0.273. The van der Waals surface area contributed by atoms with Crippen LogP contribution in [0.4, 0.5) is 0 Å². The molecule has 5 N–H and O–H groups in total. The number of carbonyl (C=O) groups is 2. The third kappa shape index (κ3) is 2.95. The lowest BCUT2D eigenvalue weighted by Crippen LogP contribution is -2.41. The van der Waals surface area contributed by atoms with Crippen molar-refractivity contribution in [2.24, 2.45) is 17.4 Å². The molecule has 0 spiro atoms. The van der Waals surface area contributed by atoms with Crippen LogP contribution in [-0.2, 0) is 19.2 Å². The predicted molar refractivity (Wildman–Crippen MR) is 45.6 cm³/mol. The fourth-order valence-corrected chi connectivity index (χ4v) is 1.09. The van der Waals surface area contributed by atoms with Crippen LogP contribution in [0.15, 0.2) is 0 Å². The maximum atomic E-state index is 11.3. The molecular formula is C7H13N3O4. The van der Waals surface area contributed by atoms with Gasteiger partial charge in [0, 0.05) is 6.04 Å². The molecule has 80 valence electrons. The SMILES string of the molecule is NC(=O)CONC(=O)C1COCC1N. The molecular weight excluding hydrogens is 190 g/mol. The molecule has 0 radical (unpaired) electrons. The monoisotopic (exact) mass is 203 g/mol. The van der Waals surface area contributed by atoms with Gasteiger partial charge in [0.2, 0.25) is 5.91 Å². The van der Waals surface area contributed by atoms with Gasteiger partial charge in [-0.3, -0.25) is 14.4 Å². The first-order valence-electron chi connectivity index (χ1n) is 4.14. The summed E-state index contributed by atoms with van der Waals surface area (Å²) in [6.07, 6.45) is 0. The number of amides is 2. The van der Waals surface area contributed by atoms with Gasteiger partial charge >= 0.3 is 0 Å². The quantitative estimate of drug-likeness (QED) is 0.436. The van der Waals surface area contributed by atoms with Gasteiger partial charge in [0.05, 0.1) is 19.1 Å². The molecule has 0 aliphatic carbocycles. The lowest BCUT2D eigenvalue weighted by atomic mass is 10.0. The highest BCUT2D eigenvalue weighted by Gasteiger charge is 2.31. The first-order chi connectivity index (χ1) is 6.61. The fourth-order valence-electron chi connectivity index (χ4n) is 1.09. The Labute approximate surface area is 80.7 Å². The second-order valence-electron chi connectivity index (χ2n) is 3.03. The van der Waals surface area contributed by atoms with Gasteiger partial charge < -0.3 is 16.2 Å². The summed E-state index contributed by atoms with van der Waals surface area (Å²) in [4.78, 5) is 26.1. The van der Waals surface area contributed by atoms with Crippen LogP contribution >= 0.6 is 0 Å². The molecule has 0 aromatic rings. The number of carbonyl (C=O) groups excluding carboxylic acids is 2. The van der Waals surface area contributed by atoms with E-state index in [0.29, 0.717) is 6.61 Å². The van der Waals surface area contributed by atoms with Gasteiger partial charge in [0.25, 0.3) is 5.91 Å². The van der Waals surface area contributed by atoms with E-state index in [2.05, 4.69) is 10.3 Å². The molecule has 7 heteroatoms. The Morgan fingerprint density at radius 1 is 1.50 bits per heavy atom. The Morgan fingerprint density at radius 2 is 2.21 bits per heavy atom. The molecule has 0 aromatic carbocycles. The van der Waals surface area contributed by atoms with E-state index in [4.69, 9.17) is 16.2 Å². The molecule has 1 saturated heterocycles. The number of primary amides is 1. The van der Waals surface area contributed by atoms with Gasteiger partial charge in [-0.25, -0.2) is 5.48 Å². The first-order valence-corrected chi connectivity index (χ1v) is 4.14. The standard InChI is InChI=1S/C7H13N3O4/c8-5-2-13-1-4(5)7(12)10-14-3-6(9)11/h4-5H,1-3,8H2,(H2,9,11)(H,10,12). The van der Waals surface area contributed by atoms with E-state index in [1.807, 2.05) is 0 Å². The van der Waals surface area contributed by atoms with Crippen molar-refractivity contribution in [2.75, 3.05) is 19.8 Å². The number of hydrogen-bond acceptors (Lipinski definition) is 5. The normalized spacial score (nSPS) is 26.1. The van der Waals surface area contributed by atoms with E-state index in [0.717, 1.165) is 0 Å². The van der Waals surface area contributed by atoms with E-state index >= 15 is 0 Å². The van der Waals surface area contributed by atoms with Crippen molar-refractivity contribution in [3.8, 4) is 0 Å². The van der Waals surface area contributed by atoms with Gasteiger partial charge in [-0.05, 0) is 0 Å². The summed E-state index contributed by atoms with van der Waals surface area (Å²) in [7, 11) is 0. The third-order valence-electron chi connectivity index (χ3n) is 1.85. The van der Waals surface area contributed by atoms with Crippen molar-refractivity contribution in [3.05, 3.63) is 0 Å². The number of nitrogens with one attached hydrogen (secondary N) is 1. The van der Waals surface area contributed by atoms with Crippen LogP contribution in [0.5, 0.6) is 0 Å². The van der Waals surface area contributed by atoms with Crippen molar-refractivity contribution in [1.29, 1.82) is 0 Å².